The van der Waals surface area contributed by atoms with Gasteiger partial charge in [-0.1, -0.05) is 24.3 Å². The summed E-state index contributed by atoms with van der Waals surface area (Å²) in [4.78, 5) is 16.6. The van der Waals surface area contributed by atoms with Gasteiger partial charge in [0.1, 0.15) is 17.2 Å². The zero-order chi connectivity index (χ0) is 21.6. The number of aromatic nitrogens is 1. The molecule has 1 aromatic heterocycles. The first-order chi connectivity index (χ1) is 14.3. The molecule has 1 N–H and O–H groups in total. The molecule has 1 heterocycles. The molecule has 0 aliphatic carbocycles. The third kappa shape index (κ3) is 6.23. The van der Waals surface area contributed by atoms with Gasteiger partial charge in [-0.15, -0.1) is 0 Å². The second kappa shape index (κ2) is 9.30. The van der Waals surface area contributed by atoms with E-state index in [1.54, 1.807) is 31.2 Å². The van der Waals surface area contributed by atoms with Crippen LogP contribution in [-0.4, -0.2) is 23.7 Å². The highest BCUT2D eigenvalue weighted by Gasteiger charge is 2.28. The summed E-state index contributed by atoms with van der Waals surface area (Å²) in [6.07, 6.45) is -3.23. The van der Waals surface area contributed by atoms with Gasteiger partial charge in [-0.25, -0.2) is 0 Å². The highest BCUT2D eigenvalue weighted by molar-refractivity contribution is 5.94. The smallest absolute Gasteiger partial charge is 0.422 e. The number of carbonyl (C=O) groups is 1. The van der Waals surface area contributed by atoms with E-state index in [2.05, 4.69) is 15.0 Å². The maximum atomic E-state index is 12.6. The molecule has 0 radical (unpaired) electrons. The Balaban J connectivity index is 1.60. The maximum absolute atomic E-state index is 12.6. The van der Waals surface area contributed by atoms with Crippen LogP contribution >= 0.6 is 0 Å². The van der Waals surface area contributed by atoms with Gasteiger partial charge in [-0.2, -0.15) is 13.2 Å². The van der Waals surface area contributed by atoms with E-state index in [1.807, 2.05) is 30.3 Å². The molecule has 2 aromatic carbocycles. The minimum absolute atomic E-state index is 0.000337. The van der Waals surface area contributed by atoms with Crippen molar-refractivity contribution in [2.45, 2.75) is 19.1 Å². The lowest BCUT2D eigenvalue weighted by atomic mass is 10.1. The van der Waals surface area contributed by atoms with E-state index in [1.165, 1.54) is 18.3 Å². The van der Waals surface area contributed by atoms with Gasteiger partial charge < -0.3 is 14.8 Å². The van der Waals surface area contributed by atoms with Gasteiger partial charge in [0.2, 0.25) is 0 Å². The Labute approximate surface area is 171 Å². The second-order valence-electron chi connectivity index (χ2n) is 6.46. The number of pyridine rings is 1. The van der Waals surface area contributed by atoms with Gasteiger partial charge in [0.25, 0.3) is 5.91 Å². The Morgan fingerprint density at radius 2 is 1.73 bits per heavy atom. The number of benzene rings is 2. The first kappa shape index (κ1) is 21.2. The number of amides is 1. The Morgan fingerprint density at radius 1 is 1.00 bits per heavy atom. The number of nitrogens with one attached hydrogen (secondary N) is 1. The SMILES string of the molecule is CC(NC(=O)c1cccc(Oc2ccccc2)c1)c1ccc(OCC(F)(F)F)cn1. The van der Waals surface area contributed by atoms with Crippen LogP contribution in [0.4, 0.5) is 13.2 Å². The van der Waals surface area contributed by atoms with Gasteiger partial charge in [0, 0.05) is 5.56 Å². The standard InChI is InChI=1S/C22H19F3N2O3/c1-15(20-11-10-19(13-26-20)29-14-22(23,24)25)27-21(28)16-6-5-9-18(12-16)30-17-7-3-2-4-8-17/h2-13,15H,14H2,1H3,(H,27,28). The summed E-state index contributed by atoms with van der Waals surface area (Å²) in [6.45, 7) is 0.336. The van der Waals surface area contributed by atoms with E-state index in [-0.39, 0.29) is 11.7 Å². The number of para-hydroxylation sites is 1. The van der Waals surface area contributed by atoms with Crippen molar-refractivity contribution in [1.82, 2.24) is 10.3 Å². The Kier molecular flexibility index (Phi) is 6.56. The molecule has 5 nitrogen and oxygen atoms in total. The molecule has 0 bridgehead atoms. The van der Waals surface area contributed by atoms with Gasteiger partial charge in [-0.3, -0.25) is 9.78 Å². The largest absolute Gasteiger partial charge is 0.483 e. The molecule has 0 spiro atoms. The molecule has 0 saturated carbocycles. The summed E-state index contributed by atoms with van der Waals surface area (Å²) in [5.41, 5.74) is 0.889. The molecule has 1 atom stereocenters. The highest BCUT2D eigenvalue weighted by Crippen LogP contribution is 2.23. The monoisotopic (exact) mass is 416 g/mol. The topological polar surface area (TPSA) is 60.5 Å². The van der Waals surface area contributed by atoms with Crippen molar-refractivity contribution in [3.8, 4) is 17.2 Å². The highest BCUT2D eigenvalue weighted by atomic mass is 19.4. The van der Waals surface area contributed by atoms with Crippen LogP contribution < -0.4 is 14.8 Å². The number of alkyl halides is 3. The Hall–Kier alpha value is -3.55. The van der Waals surface area contributed by atoms with Gasteiger partial charge >= 0.3 is 6.18 Å². The minimum Gasteiger partial charge on any atom is -0.483 e. The van der Waals surface area contributed by atoms with Gasteiger partial charge in [0.05, 0.1) is 17.9 Å². The first-order valence-corrected chi connectivity index (χ1v) is 9.09. The van der Waals surface area contributed by atoms with Gasteiger partial charge in [-0.05, 0) is 49.4 Å². The lowest BCUT2D eigenvalue weighted by molar-refractivity contribution is -0.153. The fraction of sp³-hybridized carbons (Fsp3) is 0.182. The summed E-state index contributed by atoms with van der Waals surface area (Å²) in [5, 5.41) is 2.80. The van der Waals surface area contributed by atoms with Crippen LogP contribution in [0.2, 0.25) is 0 Å². The molecule has 0 aliphatic rings. The lowest BCUT2D eigenvalue weighted by Gasteiger charge is -2.15. The minimum atomic E-state index is -4.42. The number of ether oxygens (including phenoxy) is 2. The molecular weight excluding hydrogens is 397 g/mol. The number of halogens is 3. The van der Waals surface area contributed by atoms with Crippen molar-refractivity contribution in [1.29, 1.82) is 0 Å². The molecule has 1 unspecified atom stereocenters. The van der Waals surface area contributed by atoms with Crippen LogP contribution in [0.15, 0.2) is 72.9 Å². The average Bonchev–Trinajstić information content (AvgIpc) is 2.73. The summed E-state index contributed by atoms with van der Waals surface area (Å²) in [6, 6.07) is 18.3. The third-order valence-corrected chi connectivity index (χ3v) is 4.03. The van der Waals surface area contributed by atoms with Crippen LogP contribution in [-0.2, 0) is 0 Å². The predicted octanol–water partition coefficient (Wildman–Crippen LogP) is 5.31. The number of carbonyl (C=O) groups excluding carboxylic acids is 1. The van der Waals surface area contributed by atoms with Crippen LogP contribution in [0.25, 0.3) is 0 Å². The molecule has 8 heteroatoms. The van der Waals surface area contributed by atoms with Crippen molar-refractivity contribution < 1.29 is 27.4 Å². The van der Waals surface area contributed by atoms with E-state index >= 15 is 0 Å². The first-order valence-electron chi connectivity index (χ1n) is 9.09. The molecule has 3 aromatic rings. The summed E-state index contributed by atoms with van der Waals surface area (Å²) < 4.78 is 47.0. The summed E-state index contributed by atoms with van der Waals surface area (Å²) >= 11 is 0. The normalized spacial score (nSPS) is 12.1. The fourth-order valence-electron chi connectivity index (χ4n) is 2.58. The lowest BCUT2D eigenvalue weighted by Crippen LogP contribution is -2.27. The average molecular weight is 416 g/mol. The molecule has 3 rings (SSSR count). The fourth-order valence-corrected chi connectivity index (χ4v) is 2.58. The third-order valence-electron chi connectivity index (χ3n) is 4.03. The molecule has 0 aliphatic heterocycles. The second-order valence-corrected chi connectivity index (χ2v) is 6.46. The van der Waals surface area contributed by atoms with E-state index in [0.717, 1.165) is 0 Å². The zero-order valence-electron chi connectivity index (χ0n) is 16.0. The quantitative estimate of drug-likeness (QED) is 0.567. The maximum Gasteiger partial charge on any atom is 0.422 e. The van der Waals surface area contributed by atoms with Crippen LogP contribution in [0.1, 0.15) is 29.0 Å². The van der Waals surface area contributed by atoms with Gasteiger partial charge in [0.15, 0.2) is 6.61 Å². The van der Waals surface area contributed by atoms with Crippen LogP contribution in [0.5, 0.6) is 17.2 Å². The molecular formula is C22H19F3N2O3. The zero-order valence-corrected chi connectivity index (χ0v) is 16.0. The van der Waals surface area contributed by atoms with E-state index in [0.29, 0.717) is 22.8 Å². The van der Waals surface area contributed by atoms with Crippen molar-refractivity contribution in [3.63, 3.8) is 0 Å². The summed E-state index contributed by atoms with van der Waals surface area (Å²) in [7, 11) is 0. The van der Waals surface area contributed by atoms with Crippen molar-refractivity contribution in [3.05, 3.63) is 84.2 Å². The molecule has 156 valence electrons. The molecule has 0 saturated heterocycles. The van der Waals surface area contributed by atoms with Crippen LogP contribution in [0, 0.1) is 0 Å². The number of hydrogen-bond acceptors (Lipinski definition) is 4. The van der Waals surface area contributed by atoms with Crippen molar-refractivity contribution in [2.75, 3.05) is 6.61 Å². The van der Waals surface area contributed by atoms with E-state index in [9.17, 15) is 18.0 Å². The van der Waals surface area contributed by atoms with Crippen molar-refractivity contribution in [2.24, 2.45) is 0 Å². The number of nitrogens with zero attached hydrogens (tertiary/aromatic N) is 1. The molecule has 1 amide bonds. The molecule has 30 heavy (non-hydrogen) atoms. The van der Waals surface area contributed by atoms with E-state index in [4.69, 9.17) is 4.74 Å². The number of rotatable bonds is 7. The van der Waals surface area contributed by atoms with E-state index < -0.39 is 18.8 Å². The van der Waals surface area contributed by atoms with Crippen molar-refractivity contribution >= 4 is 5.91 Å². The molecule has 0 fully saturated rings. The predicted molar refractivity (Wildman–Crippen MR) is 105 cm³/mol. The summed E-state index contributed by atoms with van der Waals surface area (Å²) in [5.74, 6) is 0.840. The Bertz CT molecular complexity index is 977. The Morgan fingerprint density at radius 3 is 2.40 bits per heavy atom. The number of hydrogen-bond donors (Lipinski definition) is 1. The van der Waals surface area contributed by atoms with Crippen LogP contribution in [0.3, 0.4) is 0 Å².